The first-order valence-corrected chi connectivity index (χ1v) is 15.6. The van der Waals surface area contributed by atoms with Crippen LogP contribution in [0.3, 0.4) is 0 Å². The lowest BCUT2D eigenvalue weighted by Crippen LogP contribution is -2.37. The summed E-state index contributed by atoms with van der Waals surface area (Å²) in [5.41, 5.74) is 7.43. The smallest absolute Gasteiger partial charge is 0.261 e. The highest BCUT2D eigenvalue weighted by Gasteiger charge is 2.33. The molecule has 0 saturated carbocycles. The first-order valence-electron chi connectivity index (χ1n) is 15.6. The number of carbonyl (C=O) groups is 2. The number of nitrogens with zero attached hydrogens (tertiary/aromatic N) is 3. The zero-order valence-corrected chi connectivity index (χ0v) is 25.8. The molecular weight excluding hydrogens is 534 g/mol. The zero-order valence-electron chi connectivity index (χ0n) is 25.8. The predicted molar refractivity (Wildman–Crippen MR) is 176 cm³/mol. The van der Waals surface area contributed by atoms with Gasteiger partial charge in [-0.2, -0.15) is 0 Å². The summed E-state index contributed by atoms with van der Waals surface area (Å²) in [6.07, 6.45) is 13.9. The Labute approximate surface area is 255 Å². The van der Waals surface area contributed by atoms with Crippen LogP contribution in [0.1, 0.15) is 68.4 Å². The van der Waals surface area contributed by atoms with Gasteiger partial charge >= 0.3 is 0 Å². The molecule has 2 atom stereocenters. The lowest BCUT2D eigenvalue weighted by Gasteiger charge is -2.29. The summed E-state index contributed by atoms with van der Waals surface area (Å²) in [7, 11) is 0. The fourth-order valence-corrected chi connectivity index (χ4v) is 6.74. The molecule has 0 aromatic heterocycles. The number of dihydropyridines is 1. The number of aliphatic imine (C=N–C) groups is 1. The molecule has 7 nitrogen and oxygen atoms in total. The van der Waals surface area contributed by atoms with Crippen LogP contribution in [-0.4, -0.2) is 49.1 Å². The van der Waals surface area contributed by atoms with E-state index in [0.717, 1.165) is 65.4 Å². The molecule has 2 aromatic carbocycles. The van der Waals surface area contributed by atoms with Gasteiger partial charge in [0.15, 0.2) is 0 Å². The van der Waals surface area contributed by atoms with Crippen LogP contribution in [0.4, 0.5) is 17.1 Å². The van der Waals surface area contributed by atoms with E-state index in [2.05, 4.69) is 72.5 Å². The minimum absolute atomic E-state index is 0.00389. The van der Waals surface area contributed by atoms with Gasteiger partial charge in [-0.1, -0.05) is 64.5 Å². The van der Waals surface area contributed by atoms with Gasteiger partial charge in [-0.3, -0.25) is 19.5 Å². The number of likely N-dealkylation sites (tertiary alicyclic amines) is 1. The van der Waals surface area contributed by atoms with Crippen molar-refractivity contribution in [3.8, 4) is 0 Å². The van der Waals surface area contributed by atoms with E-state index in [1.807, 2.05) is 47.5 Å². The number of fused-ring (bicyclic) bond motifs is 2. The van der Waals surface area contributed by atoms with Crippen molar-refractivity contribution in [2.75, 3.05) is 41.7 Å². The number of hydrogen-bond acceptors (Lipinski definition) is 5. The largest absolute Gasteiger partial charge is 0.381 e. The second-order valence-corrected chi connectivity index (χ2v) is 13.3. The van der Waals surface area contributed by atoms with E-state index in [1.54, 1.807) is 0 Å². The summed E-state index contributed by atoms with van der Waals surface area (Å²) in [5.74, 6) is 0.589. The van der Waals surface area contributed by atoms with Gasteiger partial charge in [-0.25, -0.2) is 0 Å². The number of carbonyl (C=O) groups excluding carboxylic acids is 2. The average Bonchev–Trinajstić information content (AvgIpc) is 3.33. The number of hydrogen-bond donors (Lipinski definition) is 2. The normalized spacial score (nSPS) is 21.7. The Morgan fingerprint density at radius 2 is 1.86 bits per heavy atom. The number of benzene rings is 2. The fourth-order valence-electron chi connectivity index (χ4n) is 6.74. The molecule has 2 N–H and O–H groups in total. The van der Waals surface area contributed by atoms with Crippen LogP contribution in [0, 0.1) is 11.8 Å². The van der Waals surface area contributed by atoms with Crippen molar-refractivity contribution in [2.45, 2.75) is 58.9 Å². The lowest BCUT2D eigenvalue weighted by atomic mass is 9.80. The molecule has 7 heteroatoms. The Balaban J connectivity index is 1.20. The first-order chi connectivity index (χ1) is 20.7. The third kappa shape index (κ3) is 6.09. The Morgan fingerprint density at radius 1 is 1.05 bits per heavy atom. The molecular formula is C36H43N5O2. The number of piperidine rings is 1. The average molecular weight is 578 g/mol. The molecule has 1 saturated heterocycles. The van der Waals surface area contributed by atoms with Gasteiger partial charge in [0.2, 0.25) is 5.91 Å². The summed E-state index contributed by atoms with van der Waals surface area (Å²) >= 11 is 0. The first kappa shape index (κ1) is 29.1. The van der Waals surface area contributed by atoms with E-state index in [4.69, 9.17) is 0 Å². The third-order valence-electron chi connectivity index (χ3n) is 9.20. The molecule has 2 amide bonds. The summed E-state index contributed by atoms with van der Waals surface area (Å²) in [6, 6.07) is 12.1. The second kappa shape index (κ2) is 12.0. The quantitative estimate of drug-likeness (QED) is 0.384. The molecule has 0 bridgehead atoms. The summed E-state index contributed by atoms with van der Waals surface area (Å²) < 4.78 is 0. The highest BCUT2D eigenvalue weighted by molar-refractivity contribution is 6.13. The lowest BCUT2D eigenvalue weighted by molar-refractivity contribution is -0.117. The topological polar surface area (TPSA) is 77.0 Å². The van der Waals surface area contributed by atoms with Crippen LogP contribution < -0.4 is 15.5 Å². The molecule has 0 spiro atoms. The van der Waals surface area contributed by atoms with Gasteiger partial charge < -0.3 is 15.5 Å². The Bertz CT molecular complexity index is 1540. The molecule has 6 rings (SSSR count). The van der Waals surface area contributed by atoms with Crippen LogP contribution in [0.15, 0.2) is 77.0 Å². The van der Waals surface area contributed by atoms with Gasteiger partial charge in [0.05, 0.1) is 18.7 Å². The number of amides is 2. The molecule has 4 aliphatic rings. The van der Waals surface area contributed by atoms with E-state index < -0.39 is 0 Å². The van der Waals surface area contributed by atoms with Gasteiger partial charge in [0, 0.05) is 41.4 Å². The van der Waals surface area contributed by atoms with Crippen molar-refractivity contribution in [2.24, 2.45) is 16.8 Å². The van der Waals surface area contributed by atoms with Crippen molar-refractivity contribution in [1.82, 2.24) is 4.90 Å². The molecule has 224 valence electrons. The van der Waals surface area contributed by atoms with Gasteiger partial charge in [0.25, 0.3) is 5.91 Å². The highest BCUT2D eigenvalue weighted by Crippen LogP contribution is 2.38. The highest BCUT2D eigenvalue weighted by atomic mass is 16.2. The van der Waals surface area contributed by atoms with Crippen molar-refractivity contribution < 1.29 is 9.59 Å². The van der Waals surface area contributed by atoms with E-state index >= 15 is 0 Å². The predicted octanol–water partition coefficient (Wildman–Crippen LogP) is 6.70. The zero-order chi connectivity index (χ0) is 30.1. The monoisotopic (exact) mass is 577 g/mol. The second-order valence-electron chi connectivity index (χ2n) is 13.3. The van der Waals surface area contributed by atoms with Gasteiger partial charge in [-0.15, -0.1) is 0 Å². The van der Waals surface area contributed by atoms with Crippen LogP contribution >= 0.6 is 0 Å². The molecule has 43 heavy (non-hydrogen) atoms. The summed E-state index contributed by atoms with van der Waals surface area (Å²) in [4.78, 5) is 35.6. The molecule has 0 radical (unpaired) electrons. The standard InChI is InChI=1S/C36H43N5O2/c1-24-25(13-16-30-28(24)11-9-17-37-30)21-38-31-12-8-10-26-22-41(35(43)34(26)31)27-14-15-29(36(2,3)4)32(20-27)39-33(42)23-40-18-6-5-7-19-40/h8-17,20,24,28,38H,5-7,18-19,21-23H2,1-4H3,(H,39,42). The van der Waals surface area contributed by atoms with Crippen LogP contribution in [-0.2, 0) is 16.8 Å². The number of rotatable bonds is 7. The maximum Gasteiger partial charge on any atom is 0.261 e. The van der Waals surface area contributed by atoms with Crippen molar-refractivity contribution in [1.29, 1.82) is 0 Å². The third-order valence-corrected chi connectivity index (χ3v) is 9.20. The maximum absolute atomic E-state index is 13.9. The molecule has 2 unspecified atom stereocenters. The minimum atomic E-state index is -0.165. The van der Waals surface area contributed by atoms with E-state index in [0.29, 0.717) is 25.6 Å². The maximum atomic E-state index is 13.9. The molecule has 1 aliphatic carbocycles. The molecule has 1 fully saturated rings. The molecule has 3 heterocycles. The summed E-state index contributed by atoms with van der Waals surface area (Å²) in [6.45, 7) is 12.2. The van der Waals surface area contributed by atoms with Crippen molar-refractivity contribution in [3.63, 3.8) is 0 Å². The van der Waals surface area contributed by atoms with Crippen molar-refractivity contribution in [3.05, 3.63) is 88.7 Å². The molecule has 2 aromatic rings. The van der Waals surface area contributed by atoms with Crippen LogP contribution in [0.2, 0.25) is 0 Å². The Hall–Kier alpha value is -3.97. The number of allylic oxidation sites excluding steroid dienone is 4. The van der Waals surface area contributed by atoms with E-state index in [-0.39, 0.29) is 23.1 Å². The van der Waals surface area contributed by atoms with Gasteiger partial charge in [0.1, 0.15) is 0 Å². The van der Waals surface area contributed by atoms with Crippen molar-refractivity contribution >= 4 is 35.1 Å². The Kier molecular flexibility index (Phi) is 8.10. The van der Waals surface area contributed by atoms with Crippen LogP contribution in [0.25, 0.3) is 0 Å². The Morgan fingerprint density at radius 3 is 2.65 bits per heavy atom. The SMILES string of the molecule is CC1C(CNc2cccc3c2C(=O)N(c2ccc(C(C)(C)C)c(NC(=O)CN4CCCCC4)c2)C3)=CC=C2N=CC=CC21. The minimum Gasteiger partial charge on any atom is -0.381 e. The van der Waals surface area contributed by atoms with Gasteiger partial charge in [-0.05, 0) is 84.3 Å². The molecule has 3 aliphatic heterocycles. The van der Waals surface area contributed by atoms with E-state index in [9.17, 15) is 9.59 Å². The fraction of sp³-hybridized carbons (Fsp3) is 0.417. The number of anilines is 3. The van der Waals surface area contributed by atoms with Crippen LogP contribution in [0.5, 0.6) is 0 Å². The summed E-state index contributed by atoms with van der Waals surface area (Å²) in [5, 5.41) is 6.78. The number of nitrogens with one attached hydrogen (secondary N) is 2. The van der Waals surface area contributed by atoms with E-state index in [1.165, 1.54) is 12.0 Å².